The van der Waals surface area contributed by atoms with Crippen LogP contribution in [0.1, 0.15) is 40.3 Å². The van der Waals surface area contributed by atoms with Gasteiger partial charge in [-0.1, -0.05) is 35.6 Å². The predicted molar refractivity (Wildman–Crippen MR) is 153 cm³/mol. The molecule has 2 aliphatic rings. The number of nitrogens with zero attached hydrogens (tertiary/aromatic N) is 4. The van der Waals surface area contributed by atoms with Crippen LogP contribution in [0.2, 0.25) is 0 Å². The topological polar surface area (TPSA) is 96.6 Å². The van der Waals surface area contributed by atoms with Crippen molar-refractivity contribution < 1.29 is 24.2 Å². The molecule has 2 aromatic heterocycles. The Morgan fingerprint density at radius 1 is 1.12 bits per heavy atom. The van der Waals surface area contributed by atoms with Crippen molar-refractivity contribution >= 4 is 39.0 Å². The first-order valence-corrected chi connectivity index (χ1v) is 14.5. The molecule has 1 atom stereocenters. The first-order chi connectivity index (χ1) is 19.5. The highest BCUT2D eigenvalue weighted by atomic mass is 32.1. The molecule has 0 bridgehead atoms. The average Bonchev–Trinajstić information content (AvgIpc) is 3.58. The number of ketones is 1. The second-order valence-electron chi connectivity index (χ2n) is 10.0. The van der Waals surface area contributed by atoms with Crippen molar-refractivity contribution in [2.24, 2.45) is 0 Å². The highest BCUT2D eigenvalue weighted by molar-refractivity contribution is 7.19. The van der Waals surface area contributed by atoms with Gasteiger partial charge in [0.05, 0.1) is 47.3 Å². The summed E-state index contributed by atoms with van der Waals surface area (Å²) in [6.07, 6.45) is 0.714. The van der Waals surface area contributed by atoms with Gasteiger partial charge in [-0.15, -0.1) is 0 Å². The number of aliphatic hydroxyl groups excluding tert-OH is 1. The van der Waals surface area contributed by atoms with Crippen molar-refractivity contribution in [3.63, 3.8) is 0 Å². The number of carbonyl (C=O) groups excluding carboxylic acids is 2. The molecule has 2 aliphatic heterocycles. The third-order valence-electron chi connectivity index (χ3n) is 7.63. The van der Waals surface area contributed by atoms with E-state index in [4.69, 9.17) is 9.47 Å². The van der Waals surface area contributed by atoms with Crippen molar-refractivity contribution in [1.82, 2.24) is 19.2 Å². The number of carbonyl (C=O) groups is 2. The summed E-state index contributed by atoms with van der Waals surface area (Å²) in [7, 11) is 0. The minimum absolute atomic E-state index is 0.109. The molecule has 9 nitrogen and oxygen atoms in total. The zero-order chi connectivity index (χ0) is 27.8. The Balaban J connectivity index is 1.35. The number of morpholine rings is 1. The number of benzene rings is 2. The van der Waals surface area contributed by atoms with Crippen LogP contribution in [0.3, 0.4) is 0 Å². The summed E-state index contributed by atoms with van der Waals surface area (Å²) >= 11 is 1.28. The summed E-state index contributed by atoms with van der Waals surface area (Å²) in [5.74, 6) is -0.644. The van der Waals surface area contributed by atoms with Gasteiger partial charge in [0.2, 0.25) is 5.78 Å². The fraction of sp³-hybridized carbons (Fsp3) is 0.367. The molecular weight excluding hydrogens is 528 g/mol. The van der Waals surface area contributed by atoms with Gasteiger partial charge < -0.3 is 19.5 Å². The molecule has 0 aliphatic carbocycles. The van der Waals surface area contributed by atoms with Crippen LogP contribution in [0, 0.1) is 6.92 Å². The van der Waals surface area contributed by atoms with E-state index in [2.05, 4.69) is 9.88 Å². The van der Waals surface area contributed by atoms with Crippen molar-refractivity contribution in [2.45, 2.75) is 26.3 Å². The van der Waals surface area contributed by atoms with Gasteiger partial charge in [0.1, 0.15) is 5.75 Å². The van der Waals surface area contributed by atoms with Gasteiger partial charge in [-0.05, 0) is 50.1 Å². The number of hydrogen-bond acceptors (Lipinski definition) is 8. The van der Waals surface area contributed by atoms with E-state index in [0.717, 1.165) is 41.9 Å². The standard InChI is InChI=1S/C30H32N4O5S/c1-3-39-21-11-9-20(10-12-21)25-24(27(36)29(37)33(25)14-6-13-32-15-17-38-18-16-32)26(35)28-19(2)34-23-8-5-4-7-22(23)31-30(34)40-28/h4-5,7-12,25,36H,3,6,13-18H2,1-2H3. The number of amides is 1. The van der Waals surface area contributed by atoms with E-state index in [1.165, 1.54) is 11.3 Å². The number of hydrogen-bond donors (Lipinski definition) is 1. The van der Waals surface area contributed by atoms with E-state index in [1.807, 2.05) is 66.8 Å². The largest absolute Gasteiger partial charge is 0.503 e. The highest BCUT2D eigenvalue weighted by Gasteiger charge is 2.44. The molecule has 4 aromatic rings. The molecule has 1 N–H and O–H groups in total. The van der Waals surface area contributed by atoms with Crippen LogP contribution < -0.4 is 4.74 Å². The summed E-state index contributed by atoms with van der Waals surface area (Å²) in [5, 5.41) is 11.2. The summed E-state index contributed by atoms with van der Waals surface area (Å²) in [4.78, 5) is 37.4. The van der Waals surface area contributed by atoms with E-state index >= 15 is 0 Å². The van der Waals surface area contributed by atoms with Crippen LogP contribution in [-0.4, -0.2) is 82.0 Å². The maximum Gasteiger partial charge on any atom is 0.290 e. The van der Waals surface area contributed by atoms with Gasteiger partial charge in [0.25, 0.3) is 5.91 Å². The summed E-state index contributed by atoms with van der Waals surface area (Å²) in [6.45, 7) is 8.68. The third kappa shape index (κ3) is 4.66. The number of para-hydroxylation sites is 2. The first kappa shape index (κ1) is 26.5. The number of fused-ring (bicyclic) bond motifs is 3. The quantitative estimate of drug-likeness (QED) is 0.300. The normalized spacial score (nSPS) is 18.4. The van der Waals surface area contributed by atoms with Crippen LogP contribution in [0.15, 0.2) is 59.9 Å². The van der Waals surface area contributed by atoms with Gasteiger partial charge >= 0.3 is 0 Å². The van der Waals surface area contributed by atoms with E-state index in [9.17, 15) is 14.7 Å². The predicted octanol–water partition coefficient (Wildman–Crippen LogP) is 4.56. The SMILES string of the molecule is CCOc1ccc(C2C(C(=O)c3sc4nc5ccccc5n4c3C)=C(O)C(=O)N2CCCN2CCOCC2)cc1. The molecule has 0 spiro atoms. The lowest BCUT2D eigenvalue weighted by Gasteiger charge is -2.30. The fourth-order valence-corrected chi connectivity index (χ4v) is 6.76. The molecule has 1 amide bonds. The Kier molecular flexibility index (Phi) is 7.31. The Morgan fingerprint density at radius 3 is 2.62 bits per heavy atom. The molecule has 2 aromatic carbocycles. The molecule has 1 saturated heterocycles. The average molecular weight is 561 g/mol. The number of imidazole rings is 1. The number of ether oxygens (including phenoxy) is 2. The molecule has 0 saturated carbocycles. The Labute approximate surface area is 236 Å². The molecule has 4 heterocycles. The fourth-order valence-electron chi connectivity index (χ4n) is 5.66. The zero-order valence-electron chi connectivity index (χ0n) is 22.6. The van der Waals surface area contributed by atoms with Gasteiger partial charge in [0.15, 0.2) is 10.7 Å². The maximum absolute atomic E-state index is 14.2. The van der Waals surface area contributed by atoms with E-state index in [1.54, 1.807) is 4.90 Å². The van der Waals surface area contributed by atoms with Crippen molar-refractivity contribution in [3.8, 4) is 5.75 Å². The lowest BCUT2D eigenvalue weighted by Crippen LogP contribution is -2.39. The number of aromatic nitrogens is 2. The van der Waals surface area contributed by atoms with Crippen LogP contribution in [0.25, 0.3) is 16.0 Å². The smallest absolute Gasteiger partial charge is 0.290 e. The van der Waals surface area contributed by atoms with Crippen LogP contribution >= 0.6 is 11.3 Å². The van der Waals surface area contributed by atoms with Crippen molar-refractivity contribution in [2.75, 3.05) is 46.0 Å². The molecule has 208 valence electrons. The molecule has 6 rings (SSSR count). The molecule has 1 fully saturated rings. The van der Waals surface area contributed by atoms with E-state index in [0.29, 0.717) is 48.4 Å². The summed E-state index contributed by atoms with van der Waals surface area (Å²) in [6, 6.07) is 14.5. The minimum Gasteiger partial charge on any atom is -0.503 e. The summed E-state index contributed by atoms with van der Waals surface area (Å²) in [5.41, 5.74) is 3.37. The van der Waals surface area contributed by atoms with Gasteiger partial charge in [-0.3, -0.25) is 18.9 Å². The second-order valence-corrected chi connectivity index (χ2v) is 11.0. The lowest BCUT2D eigenvalue weighted by atomic mass is 9.95. The molecular formula is C30H32N4O5S. The monoisotopic (exact) mass is 560 g/mol. The number of thiazole rings is 1. The zero-order valence-corrected chi connectivity index (χ0v) is 23.4. The molecule has 10 heteroatoms. The Morgan fingerprint density at radius 2 is 1.88 bits per heavy atom. The van der Waals surface area contributed by atoms with Gasteiger partial charge in [-0.25, -0.2) is 4.98 Å². The molecule has 1 unspecified atom stereocenters. The molecule has 40 heavy (non-hydrogen) atoms. The lowest BCUT2D eigenvalue weighted by molar-refractivity contribution is -0.129. The summed E-state index contributed by atoms with van der Waals surface area (Å²) < 4.78 is 13.0. The number of rotatable bonds is 9. The van der Waals surface area contributed by atoms with Crippen molar-refractivity contribution in [3.05, 3.63) is 76.0 Å². The second kappa shape index (κ2) is 11.0. The van der Waals surface area contributed by atoms with Gasteiger partial charge in [-0.2, -0.15) is 0 Å². The third-order valence-corrected chi connectivity index (χ3v) is 8.77. The van der Waals surface area contributed by atoms with Gasteiger partial charge in [0, 0.05) is 31.9 Å². The molecule has 0 radical (unpaired) electrons. The Hall–Kier alpha value is -3.73. The minimum atomic E-state index is -0.703. The van der Waals surface area contributed by atoms with E-state index < -0.39 is 17.7 Å². The first-order valence-electron chi connectivity index (χ1n) is 13.7. The number of aliphatic hydroxyl groups is 1. The van der Waals surface area contributed by atoms with E-state index in [-0.39, 0.29) is 11.4 Å². The Bertz CT molecular complexity index is 1600. The number of aryl methyl sites for hydroxylation is 1. The number of Topliss-reactive ketones (excluding diaryl/α,β-unsaturated/α-hetero) is 1. The highest BCUT2D eigenvalue weighted by Crippen LogP contribution is 2.41. The van der Waals surface area contributed by atoms with Crippen molar-refractivity contribution in [1.29, 1.82) is 0 Å². The maximum atomic E-state index is 14.2. The van der Waals surface area contributed by atoms with Crippen LogP contribution in [0.5, 0.6) is 5.75 Å². The van der Waals surface area contributed by atoms with Crippen LogP contribution in [0.4, 0.5) is 0 Å². The van der Waals surface area contributed by atoms with Crippen LogP contribution in [-0.2, 0) is 9.53 Å².